The summed E-state index contributed by atoms with van der Waals surface area (Å²) in [6, 6.07) is 10.4. The van der Waals surface area contributed by atoms with Gasteiger partial charge in [0, 0.05) is 28.9 Å². The fourth-order valence-corrected chi connectivity index (χ4v) is 3.53. The number of aliphatic imine (C=N–C) groups is 1. The third kappa shape index (κ3) is 5.62. The van der Waals surface area contributed by atoms with E-state index in [1.807, 2.05) is 5.32 Å². The smallest absolute Gasteiger partial charge is 0.237 e. The Labute approximate surface area is 184 Å². The lowest BCUT2D eigenvalue weighted by Crippen LogP contribution is -2.24. The highest BCUT2D eigenvalue weighted by molar-refractivity contribution is 8.00. The van der Waals surface area contributed by atoms with Crippen LogP contribution < -0.4 is 5.32 Å². The van der Waals surface area contributed by atoms with Gasteiger partial charge in [-0.05, 0) is 37.3 Å². The lowest BCUT2D eigenvalue weighted by molar-refractivity contribution is -0.115. The van der Waals surface area contributed by atoms with Crippen molar-refractivity contribution in [3.05, 3.63) is 82.6 Å². The fraction of sp³-hybridized carbons (Fsp3) is 0.0952. The predicted molar refractivity (Wildman–Crippen MR) is 113 cm³/mol. The molecule has 1 atom stereocenters. The molecule has 0 bridgehead atoms. The number of pyridine rings is 1. The minimum Gasteiger partial charge on any atom is -0.320 e. The number of carbonyl (C=O) groups excluding carboxylic acids is 1. The van der Waals surface area contributed by atoms with Crippen LogP contribution in [0.3, 0.4) is 0 Å². The number of aromatic nitrogens is 1. The van der Waals surface area contributed by atoms with Gasteiger partial charge in [-0.2, -0.15) is 0 Å². The summed E-state index contributed by atoms with van der Waals surface area (Å²) >= 11 is 7.06. The molecule has 31 heavy (non-hydrogen) atoms. The Morgan fingerprint density at radius 1 is 1.13 bits per heavy atom. The minimum atomic E-state index is -1.67. The molecule has 0 radical (unpaired) electrons. The lowest BCUT2D eigenvalue weighted by Gasteiger charge is -2.14. The molecule has 1 heterocycles. The molecule has 0 saturated heterocycles. The molecule has 0 fully saturated rings. The molecule has 0 aliphatic rings. The van der Waals surface area contributed by atoms with Crippen molar-refractivity contribution >= 4 is 46.9 Å². The van der Waals surface area contributed by atoms with E-state index < -0.39 is 40.1 Å². The molecule has 2 aromatic carbocycles. The van der Waals surface area contributed by atoms with E-state index in [4.69, 9.17) is 11.6 Å². The molecule has 4 nitrogen and oxygen atoms in total. The van der Waals surface area contributed by atoms with Gasteiger partial charge in [0.15, 0.2) is 23.3 Å². The minimum absolute atomic E-state index is 0.0726. The summed E-state index contributed by atoms with van der Waals surface area (Å²) in [5, 5.41) is 1.37. The first-order chi connectivity index (χ1) is 14.8. The number of rotatable bonds is 6. The van der Waals surface area contributed by atoms with Crippen molar-refractivity contribution in [1.82, 2.24) is 4.98 Å². The van der Waals surface area contributed by atoms with Crippen LogP contribution in [-0.4, -0.2) is 22.4 Å². The summed E-state index contributed by atoms with van der Waals surface area (Å²) < 4.78 is 54.2. The SMILES string of the molecule is CC(Sc1cccc(N=Cc2cccnc2Cl)c1)C(=O)Nc1c(F)c(F)cc(F)c1F. The van der Waals surface area contributed by atoms with Crippen LogP contribution in [0.1, 0.15) is 12.5 Å². The average Bonchev–Trinajstić information content (AvgIpc) is 2.75. The number of thioether (sulfide) groups is 1. The van der Waals surface area contributed by atoms with Crippen molar-refractivity contribution in [3.63, 3.8) is 0 Å². The van der Waals surface area contributed by atoms with Crippen molar-refractivity contribution < 1.29 is 22.4 Å². The number of carbonyl (C=O) groups is 1. The molecule has 0 spiro atoms. The van der Waals surface area contributed by atoms with E-state index in [0.717, 1.165) is 11.8 Å². The van der Waals surface area contributed by atoms with Gasteiger partial charge in [-0.1, -0.05) is 17.7 Å². The van der Waals surface area contributed by atoms with Crippen molar-refractivity contribution in [2.75, 3.05) is 5.32 Å². The van der Waals surface area contributed by atoms with E-state index in [0.29, 0.717) is 21.3 Å². The zero-order valence-electron chi connectivity index (χ0n) is 15.9. The Morgan fingerprint density at radius 3 is 2.52 bits per heavy atom. The first kappa shape index (κ1) is 22.8. The maximum Gasteiger partial charge on any atom is 0.237 e. The lowest BCUT2D eigenvalue weighted by atomic mass is 10.2. The van der Waals surface area contributed by atoms with Gasteiger partial charge in [0.1, 0.15) is 10.8 Å². The molecule has 0 saturated carbocycles. The van der Waals surface area contributed by atoms with Crippen molar-refractivity contribution in [2.24, 2.45) is 4.99 Å². The third-order valence-corrected chi connectivity index (χ3v) is 5.41. The van der Waals surface area contributed by atoms with Gasteiger partial charge in [0.05, 0.1) is 10.9 Å². The Balaban J connectivity index is 1.71. The van der Waals surface area contributed by atoms with Crippen LogP contribution in [0, 0.1) is 23.3 Å². The van der Waals surface area contributed by atoms with E-state index in [9.17, 15) is 22.4 Å². The van der Waals surface area contributed by atoms with Crippen LogP contribution in [0.2, 0.25) is 5.15 Å². The summed E-state index contributed by atoms with van der Waals surface area (Å²) in [4.78, 5) is 21.2. The summed E-state index contributed by atoms with van der Waals surface area (Å²) in [6.45, 7) is 1.48. The number of benzene rings is 2. The Kier molecular flexibility index (Phi) is 7.29. The van der Waals surface area contributed by atoms with E-state index in [1.165, 1.54) is 6.92 Å². The molecule has 1 unspecified atom stereocenters. The predicted octanol–water partition coefficient (Wildman–Crippen LogP) is 6.16. The zero-order valence-corrected chi connectivity index (χ0v) is 17.4. The van der Waals surface area contributed by atoms with E-state index >= 15 is 0 Å². The highest BCUT2D eigenvalue weighted by Gasteiger charge is 2.23. The second-order valence-electron chi connectivity index (χ2n) is 6.23. The first-order valence-corrected chi connectivity index (χ1v) is 10.1. The molecule has 1 aromatic heterocycles. The molecule has 0 aliphatic carbocycles. The maximum atomic E-state index is 13.8. The van der Waals surface area contributed by atoms with Gasteiger partial charge in [-0.25, -0.2) is 22.5 Å². The molecule has 1 N–H and O–H groups in total. The number of nitrogens with one attached hydrogen (secondary N) is 1. The molecule has 1 amide bonds. The fourth-order valence-electron chi connectivity index (χ4n) is 2.44. The molecular weight excluding hydrogens is 454 g/mol. The Bertz CT molecular complexity index is 1130. The highest BCUT2D eigenvalue weighted by Crippen LogP contribution is 2.29. The molecule has 3 rings (SSSR count). The van der Waals surface area contributed by atoms with Gasteiger partial charge in [-0.3, -0.25) is 9.79 Å². The van der Waals surface area contributed by atoms with Gasteiger partial charge < -0.3 is 5.32 Å². The standard InChI is InChI=1S/C21H14ClF4N3OS/c1-11(21(30)29-19-17(25)15(23)9-16(24)18(19)26)31-14-6-2-5-13(8-14)28-10-12-4-3-7-27-20(12)22/h2-11H,1H3,(H,29,30). The van der Waals surface area contributed by atoms with Crippen LogP contribution >= 0.6 is 23.4 Å². The number of hydrogen-bond acceptors (Lipinski definition) is 4. The normalized spacial score (nSPS) is 12.2. The van der Waals surface area contributed by atoms with Crippen LogP contribution in [0.4, 0.5) is 28.9 Å². The average molecular weight is 468 g/mol. The second-order valence-corrected chi connectivity index (χ2v) is 8.00. The van der Waals surface area contributed by atoms with Gasteiger partial charge in [0.25, 0.3) is 0 Å². The van der Waals surface area contributed by atoms with Gasteiger partial charge in [-0.15, -0.1) is 11.8 Å². The van der Waals surface area contributed by atoms with Crippen molar-refractivity contribution in [3.8, 4) is 0 Å². The van der Waals surface area contributed by atoms with E-state index in [-0.39, 0.29) is 6.07 Å². The van der Waals surface area contributed by atoms with E-state index in [1.54, 1.807) is 48.8 Å². The highest BCUT2D eigenvalue weighted by atomic mass is 35.5. The third-order valence-electron chi connectivity index (χ3n) is 4.00. The summed E-state index contributed by atoms with van der Waals surface area (Å²) in [5.74, 6) is -7.38. The van der Waals surface area contributed by atoms with Gasteiger partial charge in [0.2, 0.25) is 5.91 Å². The maximum absolute atomic E-state index is 13.8. The summed E-state index contributed by atoms with van der Waals surface area (Å²) in [6.07, 6.45) is 3.10. The van der Waals surface area contributed by atoms with Crippen LogP contribution in [0.15, 0.2) is 58.5 Å². The largest absolute Gasteiger partial charge is 0.320 e. The number of hydrogen-bond donors (Lipinski definition) is 1. The zero-order chi connectivity index (χ0) is 22.5. The summed E-state index contributed by atoms with van der Waals surface area (Å²) in [5.41, 5.74) is 0.0322. The van der Waals surface area contributed by atoms with Crippen LogP contribution in [-0.2, 0) is 4.79 Å². The monoisotopic (exact) mass is 467 g/mol. The first-order valence-electron chi connectivity index (χ1n) is 8.81. The van der Waals surface area contributed by atoms with Crippen LogP contribution in [0.5, 0.6) is 0 Å². The number of anilines is 1. The van der Waals surface area contributed by atoms with E-state index in [2.05, 4.69) is 9.98 Å². The van der Waals surface area contributed by atoms with Crippen molar-refractivity contribution in [2.45, 2.75) is 17.1 Å². The van der Waals surface area contributed by atoms with Crippen molar-refractivity contribution in [1.29, 1.82) is 0 Å². The number of nitrogens with zero attached hydrogens (tertiary/aromatic N) is 2. The Hall–Kier alpha value is -2.91. The molecule has 10 heteroatoms. The van der Waals surface area contributed by atoms with Crippen LogP contribution in [0.25, 0.3) is 0 Å². The molecular formula is C21H14ClF4N3OS. The molecule has 3 aromatic rings. The number of halogens is 5. The molecule has 160 valence electrons. The molecule has 0 aliphatic heterocycles. The number of amides is 1. The summed E-state index contributed by atoms with van der Waals surface area (Å²) in [7, 11) is 0. The van der Waals surface area contributed by atoms with Gasteiger partial charge >= 0.3 is 0 Å². The Morgan fingerprint density at radius 2 is 1.84 bits per heavy atom. The second kappa shape index (κ2) is 9.93. The quantitative estimate of drug-likeness (QED) is 0.155. The topological polar surface area (TPSA) is 54.4 Å².